The zero-order chi connectivity index (χ0) is 25.0. The summed E-state index contributed by atoms with van der Waals surface area (Å²) >= 11 is 0. The number of ketones is 2. The van der Waals surface area contributed by atoms with Gasteiger partial charge in [-0.3, -0.25) is 9.59 Å². The molecular formula is C28H38FeO6-6. The van der Waals surface area contributed by atoms with E-state index in [1.165, 1.54) is 0 Å². The summed E-state index contributed by atoms with van der Waals surface area (Å²) in [4.78, 5) is 47.5. The third kappa shape index (κ3) is 15.2. The standard InChI is InChI=1S/C23H33O6.C5H5.Fe/c1-3-28-22(26)16-9-5-7-14-20(24)18-12-11-13-19(18)21(25)15-8-6-10-17-23(27)29-4-2;1-2-4-5-3-1;/h11-13H,3-10,14-17H2,1-2H3;1-5H;/q-1;-5;. The molecule has 0 aliphatic rings. The summed E-state index contributed by atoms with van der Waals surface area (Å²) in [7, 11) is 0. The molecule has 0 N–H and O–H groups in total. The van der Waals surface area contributed by atoms with E-state index < -0.39 is 0 Å². The van der Waals surface area contributed by atoms with Gasteiger partial charge in [-0.05, 0) is 39.5 Å². The molecule has 0 fully saturated rings. The Bertz CT molecular complexity index is 766. The summed E-state index contributed by atoms with van der Waals surface area (Å²) in [5.74, 6) is -0.469. The molecular weight excluding hydrogens is 488 g/mol. The number of hydrogen-bond acceptors (Lipinski definition) is 6. The maximum Gasteiger partial charge on any atom is 0.305 e. The average Bonchev–Trinajstić information content (AvgIpc) is 3.54. The molecule has 0 aromatic heterocycles. The molecule has 0 aliphatic heterocycles. The van der Waals surface area contributed by atoms with E-state index in [0.717, 1.165) is 12.8 Å². The average molecular weight is 526 g/mol. The fourth-order valence-electron chi connectivity index (χ4n) is 3.43. The van der Waals surface area contributed by atoms with Crippen LogP contribution in [0.3, 0.4) is 0 Å². The van der Waals surface area contributed by atoms with Crippen molar-refractivity contribution in [2.75, 3.05) is 13.2 Å². The van der Waals surface area contributed by atoms with Gasteiger partial charge in [0.15, 0.2) is 0 Å². The largest absolute Gasteiger partial charge is 0.748 e. The van der Waals surface area contributed by atoms with Crippen molar-refractivity contribution in [3.8, 4) is 0 Å². The van der Waals surface area contributed by atoms with Crippen molar-refractivity contribution in [3.05, 3.63) is 59.7 Å². The van der Waals surface area contributed by atoms with Crippen LogP contribution in [0.2, 0.25) is 0 Å². The zero-order valence-electron chi connectivity index (χ0n) is 20.9. The van der Waals surface area contributed by atoms with E-state index in [2.05, 4.69) is 0 Å². The van der Waals surface area contributed by atoms with Gasteiger partial charge in [-0.2, -0.15) is 12.1 Å². The van der Waals surface area contributed by atoms with Crippen LogP contribution in [0.4, 0.5) is 0 Å². The normalized spacial score (nSPS) is 9.89. The smallest absolute Gasteiger partial charge is 0.305 e. The number of Topliss-reactive ketones (excluding diaryl/α,β-unsaturated/α-hetero) is 2. The van der Waals surface area contributed by atoms with Gasteiger partial charge < -0.3 is 49.4 Å². The number of carbonyl (C=O) groups is 4. The Hall–Kier alpha value is -2.50. The molecule has 7 heteroatoms. The van der Waals surface area contributed by atoms with Crippen molar-refractivity contribution in [1.29, 1.82) is 0 Å². The third-order valence-electron chi connectivity index (χ3n) is 5.15. The molecule has 0 saturated carbocycles. The van der Waals surface area contributed by atoms with Crippen LogP contribution in [0.5, 0.6) is 0 Å². The molecule has 2 rings (SSSR count). The minimum Gasteiger partial charge on any atom is -0.748 e. The first-order valence-electron chi connectivity index (χ1n) is 12.3. The monoisotopic (exact) mass is 526 g/mol. The summed E-state index contributed by atoms with van der Waals surface area (Å²) < 4.78 is 9.75. The van der Waals surface area contributed by atoms with E-state index in [0.29, 0.717) is 75.7 Å². The molecule has 2 aromatic rings. The Morgan fingerprint density at radius 2 is 1.17 bits per heavy atom. The predicted octanol–water partition coefficient (Wildman–Crippen LogP) is 6.20. The molecule has 0 saturated heterocycles. The van der Waals surface area contributed by atoms with Gasteiger partial charge in [-0.1, -0.05) is 24.8 Å². The Morgan fingerprint density at radius 3 is 1.66 bits per heavy atom. The second-order valence-electron chi connectivity index (χ2n) is 7.89. The Kier molecular flexibility index (Phi) is 19.3. The second kappa shape index (κ2) is 20.8. The predicted molar refractivity (Wildman–Crippen MR) is 132 cm³/mol. The fourth-order valence-corrected chi connectivity index (χ4v) is 3.43. The van der Waals surface area contributed by atoms with Gasteiger partial charge in [0.2, 0.25) is 0 Å². The van der Waals surface area contributed by atoms with Crippen molar-refractivity contribution < 1.29 is 45.7 Å². The maximum atomic E-state index is 12.4. The van der Waals surface area contributed by atoms with Gasteiger partial charge in [0.25, 0.3) is 0 Å². The molecule has 0 atom stereocenters. The van der Waals surface area contributed by atoms with Crippen LogP contribution < -0.4 is 0 Å². The molecule has 2 aromatic carbocycles. The number of hydrogen-bond donors (Lipinski definition) is 0. The first kappa shape index (κ1) is 32.5. The van der Waals surface area contributed by atoms with Crippen LogP contribution in [0.25, 0.3) is 0 Å². The number of unbranched alkanes of at least 4 members (excludes halogenated alkanes) is 4. The van der Waals surface area contributed by atoms with Crippen molar-refractivity contribution in [2.45, 2.75) is 78.1 Å². The van der Waals surface area contributed by atoms with Gasteiger partial charge in [-0.25, -0.2) is 0 Å². The van der Waals surface area contributed by atoms with E-state index in [1.807, 2.05) is 30.3 Å². The van der Waals surface area contributed by atoms with Crippen molar-refractivity contribution in [3.63, 3.8) is 0 Å². The van der Waals surface area contributed by atoms with Crippen LogP contribution >= 0.6 is 0 Å². The fraction of sp³-hybridized carbons (Fsp3) is 0.500. The molecule has 0 heterocycles. The second-order valence-corrected chi connectivity index (χ2v) is 7.89. The Balaban J connectivity index is 0.00000170. The first-order chi connectivity index (χ1) is 16.5. The third-order valence-corrected chi connectivity index (χ3v) is 5.15. The topological polar surface area (TPSA) is 86.7 Å². The van der Waals surface area contributed by atoms with Crippen molar-refractivity contribution >= 4 is 23.5 Å². The summed E-state index contributed by atoms with van der Waals surface area (Å²) in [5, 5.41) is 0. The van der Waals surface area contributed by atoms with E-state index in [4.69, 9.17) is 9.47 Å². The van der Waals surface area contributed by atoms with E-state index in [9.17, 15) is 19.2 Å². The van der Waals surface area contributed by atoms with Crippen molar-refractivity contribution in [1.82, 2.24) is 0 Å². The van der Waals surface area contributed by atoms with E-state index in [1.54, 1.807) is 32.0 Å². The quantitative estimate of drug-likeness (QED) is 0.0851. The summed E-state index contributed by atoms with van der Waals surface area (Å²) in [6.45, 7) is 4.32. The van der Waals surface area contributed by atoms with Gasteiger partial charge in [0.05, 0.1) is 19.0 Å². The number of rotatable bonds is 16. The molecule has 35 heavy (non-hydrogen) atoms. The number of ether oxygens (including phenoxy) is 2. The molecule has 6 nitrogen and oxygen atoms in total. The van der Waals surface area contributed by atoms with E-state index in [-0.39, 0.29) is 40.6 Å². The maximum absolute atomic E-state index is 12.4. The first-order valence-corrected chi connectivity index (χ1v) is 12.3. The van der Waals surface area contributed by atoms with Crippen LogP contribution in [0.1, 0.15) is 98.8 Å². The van der Waals surface area contributed by atoms with Gasteiger partial charge in [0, 0.05) is 36.3 Å². The Morgan fingerprint density at radius 1 is 0.714 bits per heavy atom. The summed E-state index contributed by atoms with van der Waals surface area (Å²) in [6.07, 6.45) is 5.80. The van der Waals surface area contributed by atoms with Gasteiger partial charge in [-0.15, -0.1) is 11.6 Å². The zero-order valence-corrected chi connectivity index (χ0v) is 22.0. The number of carbonyl (C=O) groups excluding carboxylic acids is 4. The van der Waals surface area contributed by atoms with Crippen LogP contribution in [0.15, 0.2) is 48.5 Å². The minimum atomic E-state index is -0.204. The molecule has 0 bridgehead atoms. The van der Waals surface area contributed by atoms with E-state index >= 15 is 0 Å². The van der Waals surface area contributed by atoms with Crippen LogP contribution in [0, 0.1) is 0 Å². The van der Waals surface area contributed by atoms with Crippen LogP contribution in [-0.4, -0.2) is 36.7 Å². The summed E-state index contributed by atoms with van der Waals surface area (Å²) in [5.41, 5.74) is 0.985. The van der Waals surface area contributed by atoms with Gasteiger partial charge in [0.1, 0.15) is 5.78 Å². The molecule has 0 radical (unpaired) electrons. The molecule has 0 unspecified atom stereocenters. The molecule has 200 valence electrons. The Labute approximate surface area is 220 Å². The SMILES string of the molecule is CCOC(=O)CCCCCC(=O)c1ccc[c-]1C(=O)CCCCCC(=O)OCC.[Fe].[cH-]1[cH-][cH-][cH-][cH-]1. The van der Waals surface area contributed by atoms with Crippen molar-refractivity contribution in [2.24, 2.45) is 0 Å². The molecule has 0 aliphatic carbocycles. The number of esters is 2. The molecule has 0 amide bonds. The van der Waals surface area contributed by atoms with Crippen LogP contribution in [-0.2, 0) is 36.1 Å². The van der Waals surface area contributed by atoms with Gasteiger partial charge >= 0.3 is 11.9 Å². The summed E-state index contributed by atoms with van der Waals surface area (Å²) in [6, 6.07) is 15.1. The molecule has 0 spiro atoms. The minimum absolute atomic E-state index is 0.